The van der Waals surface area contributed by atoms with Crippen LogP contribution in [0.1, 0.15) is 30.4 Å². The number of likely N-dealkylation sites (N-methyl/N-ethyl adjacent to an activating group) is 1. The van der Waals surface area contributed by atoms with Crippen molar-refractivity contribution in [2.45, 2.75) is 31.6 Å². The van der Waals surface area contributed by atoms with Crippen molar-refractivity contribution in [1.82, 2.24) is 15.5 Å². The maximum Gasteiger partial charge on any atom is 0.191 e. The van der Waals surface area contributed by atoms with Crippen LogP contribution in [0.4, 0.5) is 0 Å². The number of guanidine groups is 1. The lowest BCUT2D eigenvalue weighted by Gasteiger charge is -2.39. The van der Waals surface area contributed by atoms with Crippen LogP contribution < -0.4 is 15.4 Å². The van der Waals surface area contributed by atoms with Crippen molar-refractivity contribution >= 4 is 5.96 Å². The average Bonchev–Trinajstić information content (AvgIpc) is 2.77. The molecule has 7 nitrogen and oxygen atoms in total. The number of nitrogens with zero attached hydrogens (tertiary/aromatic N) is 2. The zero-order valence-electron chi connectivity index (χ0n) is 19.4. The molecule has 30 heavy (non-hydrogen) atoms. The van der Waals surface area contributed by atoms with E-state index in [9.17, 15) is 0 Å². The van der Waals surface area contributed by atoms with Crippen LogP contribution in [-0.4, -0.2) is 85.2 Å². The van der Waals surface area contributed by atoms with Crippen LogP contribution in [-0.2, 0) is 14.9 Å². The van der Waals surface area contributed by atoms with Crippen molar-refractivity contribution in [3.63, 3.8) is 0 Å². The highest BCUT2D eigenvalue weighted by atomic mass is 16.5. The van der Waals surface area contributed by atoms with Crippen LogP contribution in [0.3, 0.4) is 0 Å². The fourth-order valence-electron chi connectivity index (χ4n) is 3.97. The van der Waals surface area contributed by atoms with Crippen LogP contribution in [0.2, 0.25) is 0 Å². The van der Waals surface area contributed by atoms with Crippen molar-refractivity contribution in [3.8, 4) is 5.75 Å². The first-order chi connectivity index (χ1) is 14.5. The molecule has 1 fully saturated rings. The van der Waals surface area contributed by atoms with Gasteiger partial charge in [0, 0.05) is 71.1 Å². The monoisotopic (exact) mass is 420 g/mol. The molecule has 0 spiro atoms. The average molecular weight is 421 g/mol. The Morgan fingerprint density at radius 1 is 1.20 bits per heavy atom. The highest BCUT2D eigenvalue weighted by Gasteiger charge is 2.37. The van der Waals surface area contributed by atoms with E-state index in [2.05, 4.69) is 52.7 Å². The number of ether oxygens (including phenoxy) is 3. The first-order valence-corrected chi connectivity index (χ1v) is 10.9. The van der Waals surface area contributed by atoms with E-state index >= 15 is 0 Å². The van der Waals surface area contributed by atoms with E-state index < -0.39 is 0 Å². The molecule has 1 aromatic carbocycles. The molecule has 0 aliphatic carbocycles. The lowest BCUT2D eigenvalue weighted by Crippen LogP contribution is -2.49. The van der Waals surface area contributed by atoms with Gasteiger partial charge in [0.1, 0.15) is 5.75 Å². The number of hydrogen-bond acceptors (Lipinski definition) is 5. The number of hydrogen-bond donors (Lipinski definition) is 2. The van der Waals surface area contributed by atoms with Gasteiger partial charge in [-0.1, -0.05) is 17.7 Å². The molecule has 1 aliphatic heterocycles. The smallest absolute Gasteiger partial charge is 0.191 e. The Balaban J connectivity index is 1.97. The second-order valence-corrected chi connectivity index (χ2v) is 8.10. The van der Waals surface area contributed by atoms with Crippen LogP contribution >= 0.6 is 0 Å². The minimum absolute atomic E-state index is 0.0375. The standard InChI is InChI=1S/C23H40N4O3/c1-19-7-8-21(29-5)20(17-19)23(9-15-30-16-10-23)18-26-22(24-2)25-11-13-27(3)12-6-14-28-4/h7-8,17H,6,9-16,18H2,1-5H3,(H2,24,25,26). The molecule has 0 saturated carbocycles. The second-order valence-electron chi connectivity index (χ2n) is 8.10. The fourth-order valence-corrected chi connectivity index (χ4v) is 3.97. The highest BCUT2D eigenvalue weighted by molar-refractivity contribution is 5.79. The molecule has 0 unspecified atom stereocenters. The van der Waals surface area contributed by atoms with Gasteiger partial charge in [0.25, 0.3) is 0 Å². The Morgan fingerprint density at radius 3 is 2.63 bits per heavy atom. The van der Waals surface area contributed by atoms with Gasteiger partial charge in [-0.05, 0) is 39.3 Å². The van der Waals surface area contributed by atoms with Crippen molar-refractivity contribution in [2.24, 2.45) is 4.99 Å². The third-order valence-electron chi connectivity index (χ3n) is 5.87. The first kappa shape index (κ1) is 24.4. The van der Waals surface area contributed by atoms with Crippen LogP contribution in [0.5, 0.6) is 5.75 Å². The number of rotatable bonds is 11. The summed E-state index contributed by atoms with van der Waals surface area (Å²) in [5, 5.41) is 7.01. The molecule has 0 bridgehead atoms. The lowest BCUT2D eigenvalue weighted by atomic mass is 9.73. The summed E-state index contributed by atoms with van der Waals surface area (Å²) in [4.78, 5) is 6.73. The summed E-state index contributed by atoms with van der Waals surface area (Å²) < 4.78 is 16.5. The molecule has 0 amide bonds. The zero-order chi connectivity index (χ0) is 21.8. The van der Waals surface area contributed by atoms with E-state index in [0.29, 0.717) is 0 Å². The summed E-state index contributed by atoms with van der Waals surface area (Å²) in [5.74, 6) is 1.78. The van der Waals surface area contributed by atoms with Crippen molar-refractivity contribution in [1.29, 1.82) is 0 Å². The minimum Gasteiger partial charge on any atom is -0.496 e. The van der Waals surface area contributed by atoms with Gasteiger partial charge in [-0.15, -0.1) is 0 Å². The van der Waals surface area contributed by atoms with Gasteiger partial charge in [-0.2, -0.15) is 0 Å². The molecular formula is C23H40N4O3. The van der Waals surface area contributed by atoms with Crippen LogP contribution in [0.15, 0.2) is 23.2 Å². The summed E-state index contributed by atoms with van der Waals surface area (Å²) in [6.45, 7) is 8.07. The Bertz CT molecular complexity index is 660. The number of aryl methyl sites for hydroxylation is 1. The Hall–Kier alpha value is -1.83. The molecule has 0 aromatic heterocycles. The maximum atomic E-state index is 5.71. The second kappa shape index (κ2) is 12.8. The third kappa shape index (κ3) is 7.15. The van der Waals surface area contributed by atoms with E-state index in [1.54, 1.807) is 14.2 Å². The number of aliphatic imine (C=N–C) groups is 1. The summed E-state index contributed by atoms with van der Waals surface area (Å²) >= 11 is 0. The predicted molar refractivity (Wildman–Crippen MR) is 123 cm³/mol. The topological polar surface area (TPSA) is 67.4 Å². The normalized spacial score (nSPS) is 16.5. The van der Waals surface area contributed by atoms with Gasteiger partial charge < -0.3 is 29.7 Å². The third-order valence-corrected chi connectivity index (χ3v) is 5.87. The van der Waals surface area contributed by atoms with Crippen LogP contribution in [0, 0.1) is 6.92 Å². The number of methoxy groups -OCH3 is 2. The minimum atomic E-state index is -0.0375. The van der Waals surface area contributed by atoms with Gasteiger partial charge >= 0.3 is 0 Å². The summed E-state index contributed by atoms with van der Waals surface area (Å²) in [7, 11) is 7.45. The molecular weight excluding hydrogens is 380 g/mol. The molecule has 2 N–H and O–H groups in total. The molecule has 0 radical (unpaired) electrons. The van der Waals surface area contributed by atoms with E-state index in [1.165, 1.54) is 11.1 Å². The van der Waals surface area contributed by atoms with Gasteiger partial charge in [0.2, 0.25) is 0 Å². The molecule has 0 atom stereocenters. The largest absolute Gasteiger partial charge is 0.496 e. The molecule has 2 rings (SSSR count). The van der Waals surface area contributed by atoms with Gasteiger partial charge in [0.05, 0.1) is 7.11 Å². The quantitative estimate of drug-likeness (QED) is 0.325. The van der Waals surface area contributed by atoms with Crippen LogP contribution in [0.25, 0.3) is 0 Å². The van der Waals surface area contributed by atoms with Crippen molar-refractivity contribution in [3.05, 3.63) is 29.3 Å². The van der Waals surface area contributed by atoms with Gasteiger partial charge in [0.15, 0.2) is 5.96 Å². The molecule has 1 aromatic rings. The SMILES string of the molecule is CN=C(NCCN(C)CCCOC)NCC1(c2cc(C)ccc2OC)CCOCC1. The zero-order valence-corrected chi connectivity index (χ0v) is 19.4. The summed E-state index contributed by atoms with van der Waals surface area (Å²) in [6, 6.07) is 6.44. The van der Waals surface area contributed by atoms with Gasteiger partial charge in [-0.25, -0.2) is 0 Å². The summed E-state index contributed by atoms with van der Waals surface area (Å²) in [6.07, 6.45) is 2.96. The molecule has 7 heteroatoms. The Morgan fingerprint density at radius 2 is 1.97 bits per heavy atom. The van der Waals surface area contributed by atoms with E-state index in [1.807, 2.05) is 7.05 Å². The maximum absolute atomic E-state index is 5.71. The van der Waals surface area contributed by atoms with E-state index in [0.717, 1.165) is 77.0 Å². The lowest BCUT2D eigenvalue weighted by molar-refractivity contribution is 0.0505. The molecule has 1 heterocycles. The fraction of sp³-hybridized carbons (Fsp3) is 0.696. The van der Waals surface area contributed by atoms with Crippen molar-refractivity contribution < 1.29 is 14.2 Å². The number of benzene rings is 1. The summed E-state index contributed by atoms with van der Waals surface area (Å²) in [5.41, 5.74) is 2.47. The predicted octanol–water partition coefficient (Wildman–Crippen LogP) is 2.19. The van der Waals surface area contributed by atoms with Crippen molar-refractivity contribution in [2.75, 3.05) is 74.3 Å². The number of nitrogens with one attached hydrogen (secondary N) is 2. The van der Waals surface area contributed by atoms with Gasteiger partial charge in [-0.3, -0.25) is 4.99 Å². The van der Waals surface area contributed by atoms with E-state index in [-0.39, 0.29) is 5.41 Å². The highest BCUT2D eigenvalue weighted by Crippen LogP contribution is 2.40. The van der Waals surface area contributed by atoms with E-state index in [4.69, 9.17) is 14.2 Å². The Labute approximate surface area is 182 Å². The molecule has 1 saturated heterocycles. The Kier molecular flexibility index (Phi) is 10.4. The molecule has 1 aliphatic rings. The molecule has 170 valence electrons. The first-order valence-electron chi connectivity index (χ1n) is 10.9.